The highest BCUT2D eigenvalue weighted by molar-refractivity contribution is 7.18. The first kappa shape index (κ1) is 14.9. The lowest BCUT2D eigenvalue weighted by atomic mass is 9.72. The number of para-hydroxylation sites is 1. The topological polar surface area (TPSA) is 39.9 Å². The average Bonchev–Trinajstić information content (AvgIpc) is 3.29. The number of fused-ring (bicyclic) bond motifs is 4. The SMILES string of the molecule is N#C[C@]1(c2nc3ccccc3s2)Cc2c(F)cccc2N2CCC[C@@H]21. The lowest BCUT2D eigenvalue weighted by molar-refractivity contribution is 0.400. The van der Waals surface area contributed by atoms with Crippen LogP contribution < -0.4 is 4.90 Å². The minimum atomic E-state index is -0.782. The smallest absolute Gasteiger partial charge is 0.133 e. The first-order chi connectivity index (χ1) is 12.2. The first-order valence-corrected chi connectivity index (χ1v) is 9.36. The van der Waals surface area contributed by atoms with Gasteiger partial charge >= 0.3 is 0 Å². The van der Waals surface area contributed by atoms with Crippen LogP contribution in [0.25, 0.3) is 10.2 Å². The highest BCUT2D eigenvalue weighted by atomic mass is 32.1. The summed E-state index contributed by atoms with van der Waals surface area (Å²) in [4.78, 5) is 7.02. The van der Waals surface area contributed by atoms with Crippen LogP contribution in [0.15, 0.2) is 42.5 Å². The van der Waals surface area contributed by atoms with E-state index >= 15 is 0 Å². The van der Waals surface area contributed by atoms with Gasteiger partial charge in [0, 0.05) is 24.2 Å². The quantitative estimate of drug-likeness (QED) is 0.653. The Hall–Kier alpha value is -2.45. The largest absolute Gasteiger partial charge is 0.366 e. The standard InChI is InChI=1S/C20H16FN3S/c21-14-5-3-7-16-13(14)11-20(12-22,18-9-4-10-24(16)18)19-23-15-6-1-2-8-17(15)25-19/h1-3,5-8,18H,4,9-11H2/t18-,20-/m1/s1. The zero-order chi connectivity index (χ0) is 17.0. The van der Waals surface area contributed by atoms with E-state index in [4.69, 9.17) is 4.98 Å². The van der Waals surface area contributed by atoms with Gasteiger partial charge in [0.2, 0.25) is 0 Å². The van der Waals surface area contributed by atoms with Crippen molar-refractivity contribution >= 4 is 27.2 Å². The van der Waals surface area contributed by atoms with Gasteiger partial charge < -0.3 is 4.90 Å². The maximum atomic E-state index is 14.6. The van der Waals surface area contributed by atoms with Gasteiger partial charge in [-0.1, -0.05) is 18.2 Å². The Morgan fingerprint density at radius 1 is 1.24 bits per heavy atom. The number of hydrogen-bond donors (Lipinski definition) is 0. The zero-order valence-electron chi connectivity index (χ0n) is 13.6. The van der Waals surface area contributed by atoms with Crippen LogP contribution in [0.3, 0.4) is 0 Å². The molecule has 25 heavy (non-hydrogen) atoms. The van der Waals surface area contributed by atoms with Crippen LogP contribution in [-0.2, 0) is 11.8 Å². The van der Waals surface area contributed by atoms with E-state index in [0.29, 0.717) is 12.0 Å². The van der Waals surface area contributed by atoms with Crippen molar-refractivity contribution in [3.8, 4) is 6.07 Å². The van der Waals surface area contributed by atoms with Gasteiger partial charge in [-0.25, -0.2) is 9.37 Å². The molecule has 2 aromatic carbocycles. The summed E-state index contributed by atoms with van der Waals surface area (Å²) >= 11 is 1.57. The summed E-state index contributed by atoms with van der Waals surface area (Å²) in [6.45, 7) is 0.870. The third-order valence-corrected chi connectivity index (χ3v) is 6.77. The van der Waals surface area contributed by atoms with Crippen LogP contribution in [0.1, 0.15) is 23.4 Å². The van der Waals surface area contributed by atoms with Crippen LogP contribution in [0, 0.1) is 17.1 Å². The number of nitriles is 1. The summed E-state index contributed by atoms with van der Waals surface area (Å²) in [5.74, 6) is -0.219. The van der Waals surface area contributed by atoms with E-state index < -0.39 is 5.41 Å². The Labute approximate surface area is 149 Å². The van der Waals surface area contributed by atoms with Crippen LogP contribution in [0.5, 0.6) is 0 Å². The molecule has 124 valence electrons. The second-order valence-electron chi connectivity index (χ2n) is 6.84. The molecular weight excluding hydrogens is 333 g/mol. The molecule has 0 spiro atoms. The summed E-state index contributed by atoms with van der Waals surface area (Å²) in [5, 5.41) is 11.1. The number of anilines is 1. The highest BCUT2D eigenvalue weighted by Gasteiger charge is 2.52. The summed E-state index contributed by atoms with van der Waals surface area (Å²) in [6, 6.07) is 15.8. The highest BCUT2D eigenvalue weighted by Crippen LogP contribution is 2.49. The summed E-state index contributed by atoms with van der Waals surface area (Å²) in [6.07, 6.45) is 2.36. The number of rotatable bonds is 1. The third kappa shape index (κ3) is 1.98. The van der Waals surface area contributed by atoms with Crippen LogP contribution >= 0.6 is 11.3 Å². The van der Waals surface area contributed by atoms with Gasteiger partial charge in [-0.05, 0) is 37.1 Å². The average molecular weight is 349 g/mol. The molecule has 2 atom stereocenters. The number of thiazole rings is 1. The van der Waals surface area contributed by atoms with Gasteiger partial charge in [0.05, 0.1) is 22.3 Å². The molecule has 5 heteroatoms. The first-order valence-electron chi connectivity index (χ1n) is 8.54. The number of aromatic nitrogens is 1. The van der Waals surface area contributed by atoms with Crippen molar-refractivity contribution in [3.63, 3.8) is 0 Å². The van der Waals surface area contributed by atoms with E-state index in [1.807, 2.05) is 30.3 Å². The molecule has 0 amide bonds. The second kappa shape index (κ2) is 5.27. The molecular formula is C20H16FN3S. The fraction of sp³-hybridized carbons (Fsp3) is 0.300. The Morgan fingerprint density at radius 3 is 2.96 bits per heavy atom. The van der Waals surface area contributed by atoms with Crippen LogP contribution in [0.4, 0.5) is 10.1 Å². The Bertz CT molecular complexity index is 988. The van der Waals surface area contributed by atoms with Gasteiger partial charge in [-0.15, -0.1) is 11.3 Å². The molecule has 0 saturated carbocycles. The number of benzene rings is 2. The van der Waals surface area contributed by atoms with Crippen molar-refractivity contribution < 1.29 is 4.39 Å². The molecule has 0 bridgehead atoms. The van der Waals surface area contributed by atoms with Gasteiger partial charge in [-0.2, -0.15) is 5.26 Å². The van der Waals surface area contributed by atoms with Crippen molar-refractivity contribution in [1.29, 1.82) is 5.26 Å². The molecule has 1 fully saturated rings. The molecule has 3 heterocycles. The van der Waals surface area contributed by atoms with Crippen LogP contribution in [-0.4, -0.2) is 17.6 Å². The van der Waals surface area contributed by atoms with Crippen LogP contribution in [0.2, 0.25) is 0 Å². The predicted octanol–water partition coefficient (Wildman–Crippen LogP) is 4.42. The number of nitrogens with zero attached hydrogens (tertiary/aromatic N) is 3. The van der Waals surface area contributed by atoms with Crippen molar-refractivity contribution in [1.82, 2.24) is 4.98 Å². The Balaban J connectivity index is 1.75. The minimum Gasteiger partial charge on any atom is -0.366 e. The Kier molecular flexibility index (Phi) is 3.13. The molecule has 3 nitrogen and oxygen atoms in total. The molecule has 0 N–H and O–H groups in total. The maximum absolute atomic E-state index is 14.6. The predicted molar refractivity (Wildman–Crippen MR) is 97.4 cm³/mol. The van der Waals surface area contributed by atoms with Crippen molar-refractivity contribution in [3.05, 3.63) is 58.9 Å². The lowest BCUT2D eigenvalue weighted by Gasteiger charge is -2.43. The zero-order valence-corrected chi connectivity index (χ0v) is 14.4. The van der Waals surface area contributed by atoms with Gasteiger partial charge in [0.25, 0.3) is 0 Å². The van der Waals surface area contributed by atoms with E-state index in [1.165, 1.54) is 6.07 Å². The molecule has 0 aliphatic carbocycles. The molecule has 2 aliphatic rings. The van der Waals surface area contributed by atoms with Gasteiger partial charge in [-0.3, -0.25) is 0 Å². The summed E-state index contributed by atoms with van der Waals surface area (Å²) < 4.78 is 15.7. The number of hydrogen-bond acceptors (Lipinski definition) is 4. The normalized spacial score (nSPS) is 24.8. The van der Waals surface area contributed by atoms with Crippen molar-refractivity contribution in [2.24, 2.45) is 0 Å². The monoisotopic (exact) mass is 349 g/mol. The van der Waals surface area contributed by atoms with E-state index in [9.17, 15) is 9.65 Å². The fourth-order valence-electron chi connectivity index (χ4n) is 4.40. The summed E-state index contributed by atoms with van der Waals surface area (Å²) in [7, 11) is 0. The molecule has 0 radical (unpaired) electrons. The van der Waals surface area contributed by atoms with E-state index in [2.05, 4.69) is 11.0 Å². The molecule has 1 saturated heterocycles. The summed E-state index contributed by atoms with van der Waals surface area (Å²) in [5.41, 5.74) is 1.74. The molecule has 3 aromatic rings. The van der Waals surface area contributed by atoms with Gasteiger partial charge in [0.15, 0.2) is 0 Å². The van der Waals surface area contributed by atoms with Gasteiger partial charge in [0.1, 0.15) is 16.2 Å². The Morgan fingerprint density at radius 2 is 2.12 bits per heavy atom. The maximum Gasteiger partial charge on any atom is 0.133 e. The van der Waals surface area contributed by atoms with Crippen molar-refractivity contribution in [2.75, 3.05) is 11.4 Å². The van der Waals surface area contributed by atoms with Crippen molar-refractivity contribution in [2.45, 2.75) is 30.7 Å². The molecule has 2 aliphatic heterocycles. The molecule has 0 unspecified atom stereocenters. The number of halogens is 1. The fourth-order valence-corrected chi connectivity index (χ4v) is 5.55. The van der Waals surface area contributed by atoms with E-state index in [-0.39, 0.29) is 11.9 Å². The van der Waals surface area contributed by atoms with E-state index in [1.54, 1.807) is 17.4 Å². The molecule has 1 aromatic heterocycles. The second-order valence-corrected chi connectivity index (χ2v) is 7.87. The van der Waals surface area contributed by atoms with E-state index in [0.717, 1.165) is 40.3 Å². The third-order valence-electron chi connectivity index (χ3n) is 5.56. The minimum absolute atomic E-state index is 0.0624. The lowest BCUT2D eigenvalue weighted by Crippen LogP contribution is -2.52. The molecule has 5 rings (SSSR count).